The van der Waals surface area contributed by atoms with E-state index < -0.39 is 18.1 Å². The van der Waals surface area contributed by atoms with Gasteiger partial charge in [-0.15, -0.1) is 6.42 Å². The summed E-state index contributed by atoms with van der Waals surface area (Å²) in [6.45, 7) is 3.92. The highest BCUT2D eigenvalue weighted by atomic mass is 16.7. The van der Waals surface area contributed by atoms with Gasteiger partial charge in [-0.25, -0.2) is 4.79 Å². The summed E-state index contributed by atoms with van der Waals surface area (Å²) in [4.78, 5) is 30.9. The van der Waals surface area contributed by atoms with Crippen molar-refractivity contribution in [3.8, 4) is 29.6 Å². The first-order chi connectivity index (χ1) is 16.5. The standard InChI is InChI=1S/C26H22N2O6/c1-4-10-32-16-7-8-19-17(12-16)18-13-20(26(30)31-3)28(23(29)5-2)25(24(18)27-19)15-6-9-21-22(11-15)34-14-33-21/h1,5-9,11-12,20,25,27H,2,10,13-14H2,3H3/t20-,25-/m0/s1. The lowest BCUT2D eigenvalue weighted by atomic mass is 9.87. The second kappa shape index (κ2) is 8.52. The number of methoxy groups -OCH3 is 1. The van der Waals surface area contributed by atoms with Gasteiger partial charge in [-0.1, -0.05) is 18.6 Å². The number of hydrogen-bond acceptors (Lipinski definition) is 6. The fourth-order valence-corrected chi connectivity index (χ4v) is 4.66. The lowest BCUT2D eigenvalue weighted by Gasteiger charge is -2.40. The van der Waals surface area contributed by atoms with Crippen molar-refractivity contribution in [2.75, 3.05) is 20.5 Å². The zero-order chi connectivity index (χ0) is 23.8. The number of hydrogen-bond donors (Lipinski definition) is 1. The molecule has 2 atom stereocenters. The van der Waals surface area contributed by atoms with Crippen molar-refractivity contribution in [1.29, 1.82) is 0 Å². The van der Waals surface area contributed by atoms with Crippen LogP contribution < -0.4 is 14.2 Å². The molecule has 1 amide bonds. The molecule has 0 fully saturated rings. The molecule has 2 aliphatic rings. The molecular weight excluding hydrogens is 436 g/mol. The minimum Gasteiger partial charge on any atom is -0.481 e. The quantitative estimate of drug-likeness (QED) is 0.359. The van der Waals surface area contributed by atoms with Crippen LogP contribution in [0.2, 0.25) is 0 Å². The number of nitrogens with zero attached hydrogens (tertiary/aromatic N) is 1. The number of aromatic amines is 1. The smallest absolute Gasteiger partial charge is 0.328 e. The maximum absolute atomic E-state index is 13.1. The van der Waals surface area contributed by atoms with E-state index in [1.807, 2.05) is 30.3 Å². The van der Waals surface area contributed by atoms with Crippen LogP contribution in [0.4, 0.5) is 0 Å². The van der Waals surface area contributed by atoms with Crippen LogP contribution in [0.1, 0.15) is 22.9 Å². The molecule has 5 rings (SSSR count). The molecule has 0 saturated carbocycles. The molecule has 2 aromatic carbocycles. The van der Waals surface area contributed by atoms with Crippen LogP contribution in [0.15, 0.2) is 49.1 Å². The number of esters is 1. The Hall–Kier alpha value is -4.38. The maximum atomic E-state index is 13.1. The van der Waals surface area contributed by atoms with Crippen molar-refractivity contribution in [3.63, 3.8) is 0 Å². The predicted octanol–water partition coefficient (Wildman–Crippen LogP) is 3.11. The summed E-state index contributed by atoms with van der Waals surface area (Å²) in [6.07, 6.45) is 6.80. The molecule has 1 N–H and O–H groups in total. The van der Waals surface area contributed by atoms with Crippen LogP contribution in [-0.2, 0) is 20.7 Å². The third-order valence-corrected chi connectivity index (χ3v) is 6.13. The fourth-order valence-electron chi connectivity index (χ4n) is 4.66. The topological polar surface area (TPSA) is 90.1 Å². The van der Waals surface area contributed by atoms with Crippen molar-refractivity contribution < 1.29 is 28.5 Å². The van der Waals surface area contributed by atoms with E-state index in [1.54, 1.807) is 6.07 Å². The van der Waals surface area contributed by atoms with Gasteiger partial charge in [0.2, 0.25) is 12.7 Å². The molecule has 1 aromatic heterocycles. The minimum absolute atomic E-state index is 0.127. The highest BCUT2D eigenvalue weighted by molar-refractivity contribution is 5.94. The summed E-state index contributed by atoms with van der Waals surface area (Å²) in [5.74, 6) is 3.37. The number of benzene rings is 2. The van der Waals surface area contributed by atoms with Gasteiger partial charge in [-0.05, 0) is 47.5 Å². The molecule has 0 bridgehead atoms. The number of amides is 1. The first kappa shape index (κ1) is 21.5. The van der Waals surface area contributed by atoms with Gasteiger partial charge in [0.15, 0.2) is 11.5 Å². The Kier molecular flexibility index (Phi) is 5.38. The zero-order valence-electron chi connectivity index (χ0n) is 18.5. The van der Waals surface area contributed by atoms with Crippen LogP contribution in [0.5, 0.6) is 17.2 Å². The van der Waals surface area contributed by atoms with E-state index in [1.165, 1.54) is 18.1 Å². The number of rotatable bonds is 5. The summed E-state index contributed by atoms with van der Waals surface area (Å²) < 4.78 is 21.7. The van der Waals surface area contributed by atoms with Gasteiger partial charge >= 0.3 is 5.97 Å². The Morgan fingerprint density at radius 1 is 1.26 bits per heavy atom. The van der Waals surface area contributed by atoms with E-state index >= 15 is 0 Å². The molecule has 0 saturated heterocycles. The first-order valence-electron chi connectivity index (χ1n) is 10.7. The SMILES string of the molecule is C#CCOc1ccc2[nH]c3c(c2c1)C[C@@H](C(=O)OC)N(C(=O)C=C)[C@H]3c1ccc2c(c1)OCO2. The number of fused-ring (bicyclic) bond motifs is 4. The summed E-state index contributed by atoms with van der Waals surface area (Å²) in [5, 5.41) is 0.884. The van der Waals surface area contributed by atoms with Crippen molar-refractivity contribution in [3.05, 3.63) is 65.9 Å². The summed E-state index contributed by atoms with van der Waals surface area (Å²) in [5.41, 5.74) is 3.29. The Labute approximate surface area is 196 Å². The van der Waals surface area contributed by atoms with Crippen LogP contribution in [0.3, 0.4) is 0 Å². The third kappa shape index (κ3) is 3.42. The van der Waals surface area contributed by atoms with Crippen LogP contribution in [0.25, 0.3) is 10.9 Å². The number of aromatic nitrogens is 1. The summed E-state index contributed by atoms with van der Waals surface area (Å²) in [7, 11) is 1.31. The van der Waals surface area contributed by atoms with E-state index in [2.05, 4.69) is 17.5 Å². The monoisotopic (exact) mass is 458 g/mol. The molecule has 0 radical (unpaired) electrons. The molecule has 8 heteroatoms. The normalized spacial score (nSPS) is 18.2. The maximum Gasteiger partial charge on any atom is 0.328 e. The van der Waals surface area contributed by atoms with Gasteiger partial charge in [-0.3, -0.25) is 4.79 Å². The fraction of sp³-hybridized carbons (Fsp3) is 0.231. The second-order valence-corrected chi connectivity index (χ2v) is 7.93. The number of ether oxygens (including phenoxy) is 4. The lowest BCUT2D eigenvalue weighted by molar-refractivity contribution is -0.153. The zero-order valence-corrected chi connectivity index (χ0v) is 18.5. The van der Waals surface area contributed by atoms with Gasteiger partial charge in [0.25, 0.3) is 0 Å². The van der Waals surface area contributed by atoms with Crippen molar-refractivity contribution in [2.45, 2.75) is 18.5 Å². The van der Waals surface area contributed by atoms with Crippen LogP contribution >= 0.6 is 0 Å². The van der Waals surface area contributed by atoms with Gasteiger partial charge < -0.3 is 28.8 Å². The molecule has 0 spiro atoms. The van der Waals surface area contributed by atoms with Crippen molar-refractivity contribution in [1.82, 2.24) is 9.88 Å². The molecule has 2 aliphatic heterocycles. The number of nitrogens with one attached hydrogen (secondary N) is 1. The summed E-state index contributed by atoms with van der Waals surface area (Å²) >= 11 is 0. The van der Waals surface area contributed by atoms with Gasteiger partial charge in [0, 0.05) is 23.0 Å². The van der Waals surface area contributed by atoms with Crippen molar-refractivity contribution >= 4 is 22.8 Å². The van der Waals surface area contributed by atoms with E-state index in [9.17, 15) is 9.59 Å². The minimum atomic E-state index is -0.854. The molecular formula is C26H22N2O6. The highest BCUT2D eigenvalue weighted by Gasteiger charge is 2.43. The van der Waals surface area contributed by atoms with Crippen molar-refractivity contribution in [2.24, 2.45) is 0 Å². The predicted molar refractivity (Wildman–Crippen MR) is 124 cm³/mol. The molecule has 172 valence electrons. The number of carbonyl (C=O) groups is 2. The number of carbonyl (C=O) groups excluding carboxylic acids is 2. The Morgan fingerprint density at radius 2 is 2.09 bits per heavy atom. The number of terminal acetylenes is 1. The molecule has 8 nitrogen and oxygen atoms in total. The highest BCUT2D eigenvalue weighted by Crippen LogP contribution is 2.44. The van der Waals surface area contributed by atoms with E-state index in [0.29, 0.717) is 17.2 Å². The van der Waals surface area contributed by atoms with Gasteiger partial charge in [-0.2, -0.15) is 0 Å². The molecule has 3 heterocycles. The summed E-state index contributed by atoms with van der Waals surface area (Å²) in [6, 6.07) is 9.61. The van der Waals surface area contributed by atoms with E-state index in [4.69, 9.17) is 25.4 Å². The van der Waals surface area contributed by atoms with Gasteiger partial charge in [0.1, 0.15) is 18.4 Å². The average Bonchev–Trinajstić information content (AvgIpc) is 3.48. The number of H-pyrrole nitrogens is 1. The largest absolute Gasteiger partial charge is 0.481 e. The van der Waals surface area contributed by atoms with Gasteiger partial charge in [0.05, 0.1) is 13.2 Å². The second-order valence-electron chi connectivity index (χ2n) is 7.93. The molecule has 34 heavy (non-hydrogen) atoms. The van der Waals surface area contributed by atoms with E-state index in [0.717, 1.165) is 27.7 Å². The third-order valence-electron chi connectivity index (χ3n) is 6.13. The van der Waals surface area contributed by atoms with Crippen LogP contribution in [0, 0.1) is 12.3 Å². The van der Waals surface area contributed by atoms with E-state index in [-0.39, 0.29) is 25.7 Å². The Balaban J connectivity index is 1.72. The molecule has 0 aliphatic carbocycles. The average molecular weight is 458 g/mol. The molecule has 3 aromatic rings. The Bertz CT molecular complexity index is 1350. The molecule has 0 unspecified atom stereocenters. The Morgan fingerprint density at radius 3 is 2.85 bits per heavy atom. The van der Waals surface area contributed by atoms with Crippen LogP contribution in [-0.4, -0.2) is 48.3 Å². The lowest BCUT2D eigenvalue weighted by Crippen LogP contribution is -2.51. The first-order valence-corrected chi connectivity index (χ1v) is 10.7.